The fraction of sp³-hybridized carbons (Fsp3) is 0.222. The van der Waals surface area contributed by atoms with Crippen LogP contribution in [0.2, 0.25) is 8.87 Å². The molecule has 2 aromatic carbocycles. The van der Waals surface area contributed by atoms with Crippen LogP contribution in [-0.2, 0) is 0 Å². The molecule has 0 spiro atoms. The van der Waals surface area contributed by atoms with Crippen LogP contribution >= 0.6 is 0 Å². The van der Waals surface area contributed by atoms with Crippen molar-refractivity contribution < 1.29 is 0 Å². The zero-order valence-corrected chi connectivity index (χ0v) is 16.3. The SMILES string of the molecule is C[CH2][Sn]([CH2]C)([n]1cnc2ccccc21)[n]1cnc2ccccc21. The zero-order chi connectivity index (χ0) is 15.9. The van der Waals surface area contributed by atoms with Crippen molar-refractivity contribution in [2.75, 3.05) is 0 Å². The number of hydrogen-bond donors (Lipinski definition) is 0. The van der Waals surface area contributed by atoms with Crippen LogP contribution in [0.1, 0.15) is 13.8 Å². The second-order valence-electron chi connectivity index (χ2n) is 5.90. The van der Waals surface area contributed by atoms with Gasteiger partial charge in [-0.15, -0.1) is 0 Å². The third-order valence-electron chi connectivity index (χ3n) is 4.94. The van der Waals surface area contributed by atoms with Crippen LogP contribution in [0.4, 0.5) is 0 Å². The molecule has 2 heterocycles. The molecule has 0 aliphatic rings. The van der Waals surface area contributed by atoms with Crippen molar-refractivity contribution in [3.63, 3.8) is 0 Å². The van der Waals surface area contributed by atoms with Gasteiger partial charge >= 0.3 is 140 Å². The summed E-state index contributed by atoms with van der Waals surface area (Å²) in [7, 11) is 0. The van der Waals surface area contributed by atoms with Crippen molar-refractivity contribution in [2.24, 2.45) is 0 Å². The van der Waals surface area contributed by atoms with E-state index in [2.05, 4.69) is 90.6 Å². The normalized spacial score (nSPS) is 12.3. The predicted molar refractivity (Wildman–Crippen MR) is 97.0 cm³/mol. The standard InChI is InChI=1S/2C7H5N2.2C2H5.Sn/c2*1-2-4-7-6(3-1)8-5-9-7;2*1-2;/h2*1-5H;2*1H2,2H3;/q2*-1;;;+2. The molecule has 0 aliphatic carbocycles. The Bertz CT molecular complexity index is 889. The van der Waals surface area contributed by atoms with E-state index in [0.29, 0.717) is 0 Å². The summed E-state index contributed by atoms with van der Waals surface area (Å²) >= 11 is -2.94. The fourth-order valence-corrected chi connectivity index (χ4v) is 14.8. The van der Waals surface area contributed by atoms with Gasteiger partial charge in [-0.1, -0.05) is 0 Å². The van der Waals surface area contributed by atoms with Gasteiger partial charge < -0.3 is 0 Å². The Kier molecular flexibility index (Phi) is 3.64. The maximum absolute atomic E-state index is 4.65. The van der Waals surface area contributed by atoms with Crippen LogP contribution < -0.4 is 0 Å². The average molecular weight is 411 g/mol. The molecule has 116 valence electrons. The van der Waals surface area contributed by atoms with Gasteiger partial charge in [0.05, 0.1) is 0 Å². The molecule has 0 bridgehead atoms. The van der Waals surface area contributed by atoms with Gasteiger partial charge in [0, 0.05) is 0 Å². The van der Waals surface area contributed by atoms with Crippen LogP contribution in [0.5, 0.6) is 0 Å². The Labute approximate surface area is 140 Å². The van der Waals surface area contributed by atoms with Gasteiger partial charge in [0.25, 0.3) is 0 Å². The Hall–Kier alpha value is -1.82. The molecule has 4 nitrogen and oxygen atoms in total. The molecular weight excluding hydrogens is 391 g/mol. The molecule has 0 saturated carbocycles. The quantitative estimate of drug-likeness (QED) is 0.471. The van der Waals surface area contributed by atoms with E-state index in [4.69, 9.17) is 0 Å². The molecule has 23 heavy (non-hydrogen) atoms. The van der Waals surface area contributed by atoms with Crippen LogP contribution in [0.25, 0.3) is 22.1 Å². The molecule has 0 fully saturated rings. The van der Waals surface area contributed by atoms with Crippen molar-refractivity contribution in [3.05, 3.63) is 61.2 Å². The van der Waals surface area contributed by atoms with Gasteiger partial charge in [0.2, 0.25) is 0 Å². The summed E-state index contributed by atoms with van der Waals surface area (Å²) < 4.78 is 7.37. The Morgan fingerprint density at radius 2 is 1.17 bits per heavy atom. The summed E-state index contributed by atoms with van der Waals surface area (Å²) in [6.07, 6.45) is 4.12. The van der Waals surface area contributed by atoms with E-state index in [1.807, 2.05) is 0 Å². The molecule has 0 saturated heterocycles. The molecule has 2 aromatic heterocycles. The zero-order valence-electron chi connectivity index (χ0n) is 13.5. The topological polar surface area (TPSA) is 35.6 Å². The van der Waals surface area contributed by atoms with E-state index in [-0.39, 0.29) is 0 Å². The molecule has 0 N–H and O–H groups in total. The van der Waals surface area contributed by atoms with Crippen molar-refractivity contribution in [1.29, 1.82) is 0 Å². The maximum atomic E-state index is 4.65. The van der Waals surface area contributed by atoms with E-state index in [0.717, 1.165) is 11.0 Å². The van der Waals surface area contributed by atoms with Crippen LogP contribution in [0, 0.1) is 0 Å². The van der Waals surface area contributed by atoms with Crippen LogP contribution in [0.3, 0.4) is 0 Å². The van der Waals surface area contributed by atoms with Gasteiger partial charge in [0.15, 0.2) is 0 Å². The Balaban J connectivity index is 2.03. The Morgan fingerprint density at radius 1 is 0.739 bits per heavy atom. The average Bonchev–Trinajstić information content (AvgIpc) is 3.23. The number of para-hydroxylation sites is 4. The summed E-state index contributed by atoms with van der Waals surface area (Å²) in [5.74, 6) is 0. The second kappa shape index (κ2) is 5.67. The molecule has 0 unspecified atom stereocenters. The second-order valence-corrected chi connectivity index (χ2v) is 18.3. The summed E-state index contributed by atoms with van der Waals surface area (Å²) in [5, 5.41) is 0. The summed E-state index contributed by atoms with van der Waals surface area (Å²) in [4.78, 5) is 9.30. The van der Waals surface area contributed by atoms with Gasteiger partial charge in [-0.3, -0.25) is 0 Å². The first kappa shape index (κ1) is 14.8. The molecule has 0 amide bonds. The minimum atomic E-state index is -2.94. The number of fused-ring (bicyclic) bond motifs is 2. The van der Waals surface area contributed by atoms with Crippen molar-refractivity contribution in [2.45, 2.75) is 22.7 Å². The third kappa shape index (κ3) is 2.11. The first-order valence-corrected chi connectivity index (χ1v) is 14.7. The molecular formula is C18H20N4Sn. The van der Waals surface area contributed by atoms with Gasteiger partial charge in [-0.25, -0.2) is 0 Å². The number of imidazole rings is 2. The van der Waals surface area contributed by atoms with Crippen LogP contribution in [0.15, 0.2) is 61.2 Å². The number of rotatable bonds is 4. The predicted octanol–water partition coefficient (Wildman–Crippen LogP) is 4.26. The third-order valence-corrected chi connectivity index (χ3v) is 18.6. The fourth-order valence-electron chi connectivity index (χ4n) is 3.63. The van der Waals surface area contributed by atoms with E-state index in [1.54, 1.807) is 0 Å². The van der Waals surface area contributed by atoms with Gasteiger partial charge in [-0.2, -0.15) is 0 Å². The van der Waals surface area contributed by atoms with Crippen molar-refractivity contribution in [1.82, 2.24) is 15.5 Å². The molecule has 4 aromatic rings. The molecule has 0 aliphatic heterocycles. The summed E-state index contributed by atoms with van der Waals surface area (Å²) in [6.45, 7) is 4.65. The number of nitrogens with zero attached hydrogens (tertiary/aromatic N) is 4. The molecule has 4 rings (SSSR count). The number of benzene rings is 2. The number of hydrogen-bond acceptors (Lipinski definition) is 2. The first-order valence-electron chi connectivity index (χ1n) is 8.15. The monoisotopic (exact) mass is 412 g/mol. The Morgan fingerprint density at radius 3 is 1.61 bits per heavy atom. The van der Waals surface area contributed by atoms with E-state index in [1.165, 1.54) is 19.9 Å². The first-order chi connectivity index (χ1) is 11.3. The van der Waals surface area contributed by atoms with E-state index < -0.39 is 18.9 Å². The van der Waals surface area contributed by atoms with Crippen molar-refractivity contribution >= 4 is 41.0 Å². The summed E-state index contributed by atoms with van der Waals surface area (Å²) in [5.41, 5.74) is 4.68. The van der Waals surface area contributed by atoms with Gasteiger partial charge in [-0.05, 0) is 0 Å². The summed E-state index contributed by atoms with van der Waals surface area (Å²) in [6, 6.07) is 16.9. The van der Waals surface area contributed by atoms with Gasteiger partial charge in [0.1, 0.15) is 0 Å². The van der Waals surface area contributed by atoms with Crippen LogP contribution in [-0.4, -0.2) is 34.5 Å². The molecule has 5 heteroatoms. The van der Waals surface area contributed by atoms with E-state index in [9.17, 15) is 0 Å². The van der Waals surface area contributed by atoms with Crippen molar-refractivity contribution in [3.8, 4) is 0 Å². The molecule has 0 radical (unpaired) electrons. The van der Waals surface area contributed by atoms with E-state index >= 15 is 0 Å². The number of aromatic nitrogens is 4. The molecule has 0 atom stereocenters. The minimum absolute atomic E-state index is 1.08.